The van der Waals surface area contributed by atoms with Gasteiger partial charge in [0.25, 0.3) is 5.91 Å². The molecule has 3 aromatic rings. The van der Waals surface area contributed by atoms with Crippen LogP contribution in [0.25, 0.3) is 0 Å². The number of amides is 2. The minimum atomic E-state index is -0.590. The van der Waals surface area contributed by atoms with Crippen LogP contribution in [0.2, 0.25) is 5.02 Å². The number of methoxy groups -OCH3 is 1. The number of carbonyl (C=O) groups excluding carboxylic acids is 3. The van der Waals surface area contributed by atoms with Gasteiger partial charge in [-0.3, -0.25) is 14.6 Å². The van der Waals surface area contributed by atoms with Gasteiger partial charge in [0.2, 0.25) is 5.91 Å². The van der Waals surface area contributed by atoms with Gasteiger partial charge in [-0.15, -0.1) is 0 Å². The lowest BCUT2D eigenvalue weighted by molar-refractivity contribution is -0.130. The molecule has 1 aliphatic rings. The smallest absolute Gasteiger partial charge is 0.337 e. The lowest BCUT2D eigenvalue weighted by Crippen LogP contribution is -2.49. The molecular formula is C25H23ClN4O4. The van der Waals surface area contributed by atoms with Gasteiger partial charge in [-0.2, -0.15) is 0 Å². The van der Waals surface area contributed by atoms with Gasteiger partial charge >= 0.3 is 5.97 Å². The maximum atomic E-state index is 13.2. The summed E-state index contributed by atoms with van der Waals surface area (Å²) in [4.78, 5) is 45.7. The van der Waals surface area contributed by atoms with Gasteiger partial charge in [-0.05, 0) is 54.3 Å². The third-order valence-corrected chi connectivity index (χ3v) is 6.21. The van der Waals surface area contributed by atoms with Crippen molar-refractivity contribution in [2.24, 2.45) is 0 Å². The Morgan fingerprint density at radius 2 is 1.85 bits per heavy atom. The first kappa shape index (κ1) is 23.4. The van der Waals surface area contributed by atoms with E-state index in [-0.39, 0.29) is 23.7 Å². The number of esters is 1. The third-order valence-electron chi connectivity index (χ3n) is 5.96. The maximum absolute atomic E-state index is 13.2. The van der Waals surface area contributed by atoms with E-state index in [9.17, 15) is 14.4 Å². The summed E-state index contributed by atoms with van der Waals surface area (Å²) in [6.45, 7) is 0.174. The molecule has 2 amide bonds. The van der Waals surface area contributed by atoms with Crippen molar-refractivity contribution in [3.8, 4) is 0 Å². The molecular weight excluding hydrogens is 456 g/mol. The van der Waals surface area contributed by atoms with E-state index < -0.39 is 17.3 Å². The number of hydrogen-bond donors (Lipinski definition) is 2. The third kappa shape index (κ3) is 4.92. The highest BCUT2D eigenvalue weighted by atomic mass is 35.5. The molecule has 0 unspecified atom stereocenters. The van der Waals surface area contributed by atoms with Crippen LogP contribution in [0.5, 0.6) is 0 Å². The molecule has 1 saturated carbocycles. The van der Waals surface area contributed by atoms with Crippen LogP contribution in [0, 0.1) is 0 Å². The Labute approximate surface area is 201 Å². The SMILES string of the molecule is COC(=O)c1cc(CNC(=O)C2(c3ccc(Cl)cc3)CCC2)cc(NC(=O)c2cnccn2)c1. The molecule has 0 spiro atoms. The number of hydrogen-bond acceptors (Lipinski definition) is 6. The van der Waals surface area contributed by atoms with E-state index >= 15 is 0 Å². The zero-order valence-corrected chi connectivity index (χ0v) is 19.3. The second-order valence-corrected chi connectivity index (χ2v) is 8.52. The number of nitrogens with one attached hydrogen (secondary N) is 2. The quantitative estimate of drug-likeness (QED) is 0.498. The van der Waals surface area contributed by atoms with Crippen LogP contribution < -0.4 is 10.6 Å². The summed E-state index contributed by atoms with van der Waals surface area (Å²) >= 11 is 6.01. The summed E-state index contributed by atoms with van der Waals surface area (Å²) in [7, 11) is 1.28. The first-order valence-corrected chi connectivity index (χ1v) is 11.1. The summed E-state index contributed by atoms with van der Waals surface area (Å²) in [6.07, 6.45) is 6.69. The Kier molecular flexibility index (Phi) is 6.88. The molecule has 174 valence electrons. The van der Waals surface area contributed by atoms with Crippen molar-refractivity contribution in [2.75, 3.05) is 12.4 Å². The van der Waals surface area contributed by atoms with E-state index in [4.69, 9.17) is 16.3 Å². The Morgan fingerprint density at radius 1 is 1.09 bits per heavy atom. The first-order chi connectivity index (χ1) is 16.4. The number of ether oxygens (including phenoxy) is 1. The molecule has 0 atom stereocenters. The molecule has 2 N–H and O–H groups in total. The fourth-order valence-corrected chi connectivity index (χ4v) is 4.14. The minimum absolute atomic E-state index is 0.0883. The van der Waals surface area contributed by atoms with E-state index in [1.165, 1.54) is 31.8 Å². The number of aromatic nitrogens is 2. The Bertz CT molecular complexity index is 1210. The lowest BCUT2D eigenvalue weighted by Gasteiger charge is -2.40. The fourth-order valence-electron chi connectivity index (χ4n) is 4.01. The minimum Gasteiger partial charge on any atom is -0.465 e. The highest BCUT2D eigenvalue weighted by Gasteiger charge is 2.45. The van der Waals surface area contributed by atoms with Crippen molar-refractivity contribution < 1.29 is 19.1 Å². The predicted molar refractivity (Wildman–Crippen MR) is 127 cm³/mol. The number of nitrogens with zero attached hydrogens (tertiary/aromatic N) is 2. The van der Waals surface area contributed by atoms with E-state index in [1.54, 1.807) is 24.3 Å². The van der Waals surface area contributed by atoms with Gasteiger partial charge in [0.1, 0.15) is 5.69 Å². The van der Waals surface area contributed by atoms with Crippen LogP contribution >= 0.6 is 11.6 Å². The molecule has 8 nitrogen and oxygen atoms in total. The van der Waals surface area contributed by atoms with Crippen LogP contribution in [0.3, 0.4) is 0 Å². The van der Waals surface area contributed by atoms with Crippen molar-refractivity contribution in [1.82, 2.24) is 15.3 Å². The Morgan fingerprint density at radius 3 is 2.47 bits per heavy atom. The highest BCUT2D eigenvalue weighted by molar-refractivity contribution is 6.30. The molecule has 1 aliphatic carbocycles. The Balaban J connectivity index is 1.53. The Hall–Kier alpha value is -3.78. The first-order valence-electron chi connectivity index (χ1n) is 10.8. The van der Waals surface area contributed by atoms with E-state index in [0.717, 1.165) is 24.8 Å². The zero-order chi connectivity index (χ0) is 24.1. The molecule has 0 aliphatic heterocycles. The zero-order valence-electron chi connectivity index (χ0n) is 18.5. The van der Waals surface area contributed by atoms with Crippen molar-refractivity contribution >= 4 is 35.1 Å². The van der Waals surface area contributed by atoms with Crippen LogP contribution in [0.15, 0.2) is 61.1 Å². The van der Waals surface area contributed by atoms with E-state index in [2.05, 4.69) is 20.6 Å². The normalized spacial score (nSPS) is 13.9. The molecule has 1 aromatic heterocycles. The van der Waals surface area contributed by atoms with Crippen molar-refractivity contribution in [3.05, 3.63) is 88.5 Å². The molecule has 1 heterocycles. The number of halogens is 1. The molecule has 34 heavy (non-hydrogen) atoms. The number of anilines is 1. The number of carbonyl (C=O) groups is 3. The van der Waals surface area contributed by atoms with Crippen LogP contribution in [-0.4, -0.2) is 34.9 Å². The monoisotopic (exact) mass is 478 g/mol. The maximum Gasteiger partial charge on any atom is 0.337 e. The summed E-state index contributed by atoms with van der Waals surface area (Å²) in [5.41, 5.74) is 1.74. The van der Waals surface area contributed by atoms with Crippen molar-refractivity contribution in [3.63, 3.8) is 0 Å². The molecule has 1 fully saturated rings. The standard InChI is InChI=1S/C25H23ClN4O4/c1-34-23(32)17-11-16(12-20(13-17)30-22(31)21-15-27-9-10-28-21)14-29-24(33)25(7-2-8-25)18-3-5-19(26)6-4-18/h3-6,9-13,15H,2,7-8,14H2,1H3,(H,29,33)(H,30,31). The van der Waals surface area contributed by atoms with Gasteiger partial charge in [0.05, 0.1) is 24.3 Å². The molecule has 4 rings (SSSR count). The van der Waals surface area contributed by atoms with E-state index in [1.807, 2.05) is 12.1 Å². The fraction of sp³-hybridized carbons (Fsp3) is 0.240. The average molecular weight is 479 g/mol. The highest BCUT2D eigenvalue weighted by Crippen LogP contribution is 2.44. The van der Waals surface area contributed by atoms with Gasteiger partial charge < -0.3 is 15.4 Å². The number of benzene rings is 2. The van der Waals surface area contributed by atoms with Gasteiger partial charge in [-0.25, -0.2) is 9.78 Å². The summed E-state index contributed by atoms with van der Waals surface area (Å²) in [5, 5.41) is 6.33. The topological polar surface area (TPSA) is 110 Å². The predicted octanol–water partition coefficient (Wildman–Crippen LogP) is 3.91. The second kappa shape index (κ2) is 10.0. The van der Waals surface area contributed by atoms with Crippen LogP contribution in [0.4, 0.5) is 5.69 Å². The van der Waals surface area contributed by atoms with Crippen LogP contribution in [0.1, 0.15) is 51.2 Å². The molecule has 2 aromatic carbocycles. The summed E-state index contributed by atoms with van der Waals surface area (Å²) in [6, 6.07) is 12.2. The summed E-state index contributed by atoms with van der Waals surface area (Å²) in [5.74, 6) is -1.12. The molecule has 0 radical (unpaired) electrons. The summed E-state index contributed by atoms with van der Waals surface area (Å²) < 4.78 is 4.84. The van der Waals surface area contributed by atoms with E-state index in [0.29, 0.717) is 16.3 Å². The molecule has 0 saturated heterocycles. The van der Waals surface area contributed by atoms with Crippen molar-refractivity contribution in [2.45, 2.75) is 31.2 Å². The van der Waals surface area contributed by atoms with Gasteiger partial charge in [-0.1, -0.05) is 30.2 Å². The largest absolute Gasteiger partial charge is 0.465 e. The number of rotatable bonds is 7. The van der Waals surface area contributed by atoms with Crippen LogP contribution in [-0.2, 0) is 21.5 Å². The molecule has 0 bridgehead atoms. The second-order valence-electron chi connectivity index (χ2n) is 8.08. The average Bonchev–Trinajstić information content (AvgIpc) is 2.83. The van der Waals surface area contributed by atoms with Gasteiger partial charge in [0.15, 0.2) is 0 Å². The lowest BCUT2D eigenvalue weighted by atomic mass is 9.64. The van der Waals surface area contributed by atoms with Gasteiger partial charge in [0, 0.05) is 29.6 Å². The van der Waals surface area contributed by atoms with Crippen molar-refractivity contribution in [1.29, 1.82) is 0 Å². The molecule has 9 heteroatoms.